The summed E-state index contributed by atoms with van der Waals surface area (Å²) in [5.74, 6) is 0.273. The molecule has 2 aromatic rings. The molecule has 0 saturated carbocycles. The summed E-state index contributed by atoms with van der Waals surface area (Å²) in [6.07, 6.45) is 0. The van der Waals surface area contributed by atoms with Gasteiger partial charge in [0, 0.05) is 5.56 Å². The summed E-state index contributed by atoms with van der Waals surface area (Å²) in [5.41, 5.74) is 0.611. The van der Waals surface area contributed by atoms with E-state index in [1.165, 1.54) is 7.11 Å². The molecule has 0 fully saturated rings. The van der Waals surface area contributed by atoms with Gasteiger partial charge >= 0.3 is 12.0 Å². The van der Waals surface area contributed by atoms with Crippen LogP contribution in [-0.2, 0) is 0 Å². The summed E-state index contributed by atoms with van der Waals surface area (Å²) in [7, 11) is 1.41. The van der Waals surface area contributed by atoms with E-state index < -0.39 is 6.01 Å². The lowest BCUT2D eigenvalue weighted by Gasteiger charge is -2.04. The molecular formula is C10H8ClN3O2. The standard InChI is InChI=1S/C10H8ClN3O2/c1-16-10-13-8(12-9(15)14-10)6-4-2-3-5-7(6)11/h2-5H,1H3,(H,12,13,14,15). The van der Waals surface area contributed by atoms with Crippen LogP contribution >= 0.6 is 11.6 Å². The topological polar surface area (TPSA) is 68.1 Å². The van der Waals surface area contributed by atoms with Gasteiger partial charge in [0.05, 0.1) is 12.1 Å². The van der Waals surface area contributed by atoms with Gasteiger partial charge in [-0.25, -0.2) is 0 Å². The average molecular weight is 238 g/mol. The Balaban J connectivity index is 2.56. The first kappa shape index (κ1) is 10.6. The molecule has 1 heterocycles. The number of nitrogens with zero attached hydrogens (tertiary/aromatic N) is 3. The molecule has 1 aromatic carbocycles. The van der Waals surface area contributed by atoms with Crippen LogP contribution in [-0.4, -0.2) is 27.2 Å². The zero-order valence-corrected chi connectivity index (χ0v) is 9.14. The lowest BCUT2D eigenvalue weighted by molar-refractivity contribution is 0.356. The first-order valence-corrected chi connectivity index (χ1v) is 4.82. The highest BCUT2D eigenvalue weighted by Crippen LogP contribution is 2.26. The van der Waals surface area contributed by atoms with Crippen LogP contribution < -0.4 is 4.74 Å². The number of benzene rings is 1. The molecule has 0 aliphatic heterocycles. The molecule has 16 heavy (non-hydrogen) atoms. The number of ether oxygens (including phenoxy) is 1. The van der Waals surface area contributed by atoms with Crippen LogP contribution in [0.3, 0.4) is 0 Å². The molecule has 0 unspecified atom stereocenters. The van der Waals surface area contributed by atoms with E-state index in [1.54, 1.807) is 24.3 Å². The quantitative estimate of drug-likeness (QED) is 0.864. The van der Waals surface area contributed by atoms with Gasteiger partial charge in [-0.1, -0.05) is 23.7 Å². The highest BCUT2D eigenvalue weighted by Gasteiger charge is 2.10. The summed E-state index contributed by atoms with van der Waals surface area (Å²) in [5, 5.41) is 9.79. The van der Waals surface area contributed by atoms with Crippen LogP contribution in [0.4, 0.5) is 0 Å². The zero-order valence-electron chi connectivity index (χ0n) is 8.38. The lowest BCUT2D eigenvalue weighted by atomic mass is 10.2. The van der Waals surface area contributed by atoms with Gasteiger partial charge in [0.25, 0.3) is 0 Å². The lowest BCUT2D eigenvalue weighted by Crippen LogP contribution is -1.97. The second kappa shape index (κ2) is 4.32. The number of hydrogen-bond acceptors (Lipinski definition) is 5. The van der Waals surface area contributed by atoms with E-state index in [1.807, 2.05) is 0 Å². The van der Waals surface area contributed by atoms with Gasteiger partial charge in [-0.15, -0.1) is 4.98 Å². The molecule has 0 amide bonds. The van der Waals surface area contributed by atoms with Gasteiger partial charge < -0.3 is 9.84 Å². The van der Waals surface area contributed by atoms with Crippen LogP contribution in [0.1, 0.15) is 0 Å². The summed E-state index contributed by atoms with van der Waals surface area (Å²) in [6.45, 7) is 0. The van der Waals surface area contributed by atoms with E-state index in [2.05, 4.69) is 15.0 Å². The third kappa shape index (κ3) is 2.04. The molecule has 1 aromatic heterocycles. The Labute approximate surface area is 96.7 Å². The fraction of sp³-hybridized carbons (Fsp3) is 0.100. The minimum Gasteiger partial charge on any atom is -0.479 e. The van der Waals surface area contributed by atoms with E-state index in [0.29, 0.717) is 10.6 Å². The van der Waals surface area contributed by atoms with Gasteiger partial charge in [0.1, 0.15) is 0 Å². The first-order valence-electron chi connectivity index (χ1n) is 4.44. The fourth-order valence-corrected chi connectivity index (χ4v) is 1.42. The third-order valence-corrected chi connectivity index (χ3v) is 2.23. The van der Waals surface area contributed by atoms with Gasteiger partial charge in [-0.05, 0) is 12.1 Å². The molecule has 5 nitrogen and oxygen atoms in total. The minimum absolute atomic E-state index is 0.0439. The molecule has 1 N–H and O–H groups in total. The summed E-state index contributed by atoms with van der Waals surface area (Å²) in [6, 6.07) is 6.70. The Bertz CT molecular complexity index is 519. The molecule has 82 valence electrons. The van der Waals surface area contributed by atoms with Crippen molar-refractivity contribution in [2.45, 2.75) is 0 Å². The number of halogens is 1. The van der Waals surface area contributed by atoms with Crippen molar-refractivity contribution in [3.8, 4) is 23.4 Å². The van der Waals surface area contributed by atoms with Crippen LogP contribution in [0.15, 0.2) is 24.3 Å². The van der Waals surface area contributed by atoms with Crippen LogP contribution in [0.2, 0.25) is 5.02 Å². The highest BCUT2D eigenvalue weighted by atomic mass is 35.5. The number of aromatic nitrogens is 3. The van der Waals surface area contributed by atoms with Crippen molar-refractivity contribution >= 4 is 11.6 Å². The maximum Gasteiger partial charge on any atom is 0.322 e. The van der Waals surface area contributed by atoms with E-state index in [4.69, 9.17) is 16.3 Å². The number of rotatable bonds is 2. The van der Waals surface area contributed by atoms with Gasteiger partial charge in [-0.2, -0.15) is 9.97 Å². The Morgan fingerprint density at radius 3 is 2.62 bits per heavy atom. The van der Waals surface area contributed by atoms with Crippen molar-refractivity contribution in [2.75, 3.05) is 7.11 Å². The molecule has 0 radical (unpaired) electrons. The van der Waals surface area contributed by atoms with E-state index in [0.717, 1.165) is 0 Å². The second-order valence-corrected chi connectivity index (χ2v) is 3.33. The molecule has 0 saturated heterocycles. The molecule has 2 rings (SSSR count). The second-order valence-electron chi connectivity index (χ2n) is 2.93. The maximum absolute atomic E-state index is 9.29. The predicted octanol–water partition coefficient (Wildman–Crippen LogP) is 1.91. The first-order chi connectivity index (χ1) is 7.70. The minimum atomic E-state index is -0.401. The summed E-state index contributed by atoms with van der Waals surface area (Å²) < 4.78 is 4.83. The van der Waals surface area contributed by atoms with Crippen molar-refractivity contribution in [1.29, 1.82) is 0 Å². The van der Waals surface area contributed by atoms with Crippen molar-refractivity contribution in [2.24, 2.45) is 0 Å². The van der Waals surface area contributed by atoms with E-state index >= 15 is 0 Å². The van der Waals surface area contributed by atoms with Crippen LogP contribution in [0.5, 0.6) is 12.0 Å². The summed E-state index contributed by atoms with van der Waals surface area (Å²) >= 11 is 5.98. The monoisotopic (exact) mass is 237 g/mol. The van der Waals surface area contributed by atoms with Crippen LogP contribution in [0.25, 0.3) is 11.4 Å². The smallest absolute Gasteiger partial charge is 0.322 e. The molecular weight excluding hydrogens is 230 g/mol. The van der Waals surface area contributed by atoms with Gasteiger partial charge in [0.15, 0.2) is 5.82 Å². The number of methoxy groups -OCH3 is 1. The normalized spacial score (nSPS) is 10.1. The van der Waals surface area contributed by atoms with E-state index in [9.17, 15) is 5.11 Å². The van der Waals surface area contributed by atoms with Crippen molar-refractivity contribution in [3.63, 3.8) is 0 Å². The Morgan fingerprint density at radius 1 is 1.19 bits per heavy atom. The molecule has 0 spiro atoms. The largest absolute Gasteiger partial charge is 0.479 e. The molecule has 0 atom stereocenters. The van der Waals surface area contributed by atoms with Gasteiger partial charge in [0.2, 0.25) is 0 Å². The van der Waals surface area contributed by atoms with Crippen LogP contribution in [0, 0.1) is 0 Å². The van der Waals surface area contributed by atoms with E-state index in [-0.39, 0.29) is 11.8 Å². The van der Waals surface area contributed by atoms with Crippen molar-refractivity contribution < 1.29 is 9.84 Å². The zero-order chi connectivity index (χ0) is 11.5. The fourth-order valence-electron chi connectivity index (χ4n) is 1.20. The Kier molecular flexibility index (Phi) is 2.87. The third-order valence-electron chi connectivity index (χ3n) is 1.90. The average Bonchev–Trinajstić information content (AvgIpc) is 2.28. The predicted molar refractivity (Wildman–Crippen MR) is 58.5 cm³/mol. The molecule has 0 bridgehead atoms. The number of aromatic hydroxyl groups is 1. The Hall–Kier alpha value is -1.88. The van der Waals surface area contributed by atoms with Crippen molar-refractivity contribution in [1.82, 2.24) is 15.0 Å². The highest BCUT2D eigenvalue weighted by molar-refractivity contribution is 6.33. The molecule has 6 heteroatoms. The maximum atomic E-state index is 9.29. The SMILES string of the molecule is COc1nc(O)nc(-c2ccccc2Cl)n1. The Morgan fingerprint density at radius 2 is 1.94 bits per heavy atom. The summed E-state index contributed by atoms with van der Waals surface area (Å²) in [4.78, 5) is 11.4. The number of hydrogen-bond donors (Lipinski definition) is 1. The van der Waals surface area contributed by atoms with Gasteiger partial charge in [-0.3, -0.25) is 0 Å². The molecule has 0 aliphatic rings. The molecule has 0 aliphatic carbocycles. The van der Waals surface area contributed by atoms with Crippen molar-refractivity contribution in [3.05, 3.63) is 29.3 Å².